The van der Waals surface area contributed by atoms with Gasteiger partial charge in [-0.05, 0) is 42.5 Å². The molecule has 9 heteroatoms. The summed E-state index contributed by atoms with van der Waals surface area (Å²) in [5.74, 6) is -0.337. The Hall–Kier alpha value is -2.87. The number of rotatable bonds is 5. The Kier molecular flexibility index (Phi) is 5.76. The minimum absolute atomic E-state index is 0.182. The molecular formula is C16H13ClF2N2O4. The highest BCUT2D eigenvalue weighted by atomic mass is 35.5. The molecular weight excluding hydrogens is 358 g/mol. The van der Waals surface area contributed by atoms with Crippen LogP contribution in [0.15, 0.2) is 48.5 Å². The maximum Gasteiger partial charge on any atom is 0.487 e. The number of hydrogen-bond acceptors (Lipinski definition) is 4. The Labute approximate surface area is 146 Å². The van der Waals surface area contributed by atoms with Crippen LogP contribution >= 0.6 is 11.6 Å². The molecule has 2 aromatic rings. The Balaban J connectivity index is 1.94. The molecule has 0 aliphatic carbocycles. The van der Waals surface area contributed by atoms with E-state index in [2.05, 4.69) is 27.0 Å². The van der Waals surface area contributed by atoms with Crippen LogP contribution in [0.3, 0.4) is 0 Å². The highest BCUT2D eigenvalue weighted by Crippen LogP contribution is 2.25. The maximum atomic E-state index is 12.5. The van der Waals surface area contributed by atoms with Crippen molar-refractivity contribution in [1.29, 1.82) is 0 Å². The van der Waals surface area contributed by atoms with Gasteiger partial charge in [-0.1, -0.05) is 6.07 Å². The smallest absolute Gasteiger partial charge is 0.487 e. The standard InChI is InChI=1S/C16H13ClF2N2O4/c1-24-13-4-2-3-10(9-13)14(22)21-15(23)20-11-5-7-12(8-6-11)25-16(17,18)19/h2-9H,1H3,(H2,20,21,22,23). The topological polar surface area (TPSA) is 76.7 Å². The van der Waals surface area contributed by atoms with Crippen molar-refractivity contribution in [2.24, 2.45) is 0 Å². The SMILES string of the molecule is COc1cccc(C(=O)NC(=O)Nc2ccc(OC(F)(F)Cl)cc2)c1. The molecule has 132 valence electrons. The molecule has 0 saturated carbocycles. The van der Waals surface area contributed by atoms with Crippen LogP contribution in [0, 0.1) is 0 Å². The minimum Gasteiger partial charge on any atom is -0.497 e. The monoisotopic (exact) mass is 370 g/mol. The van der Waals surface area contributed by atoms with Crippen molar-refractivity contribution in [3.63, 3.8) is 0 Å². The molecule has 2 N–H and O–H groups in total. The van der Waals surface area contributed by atoms with Crippen LogP contribution in [0.1, 0.15) is 10.4 Å². The first-order valence-corrected chi connectivity index (χ1v) is 7.27. The fourth-order valence-electron chi connectivity index (χ4n) is 1.84. The van der Waals surface area contributed by atoms with Crippen molar-refractivity contribution < 1.29 is 27.8 Å². The molecule has 0 atom stereocenters. The molecule has 2 rings (SSSR count). The summed E-state index contributed by atoms with van der Waals surface area (Å²) in [5.41, 5.74) is -3.32. The first-order valence-electron chi connectivity index (χ1n) is 6.89. The molecule has 0 unspecified atom stereocenters. The molecule has 0 aliphatic heterocycles. The fourth-order valence-corrected chi connectivity index (χ4v) is 1.93. The number of carbonyl (C=O) groups excluding carboxylic acids is 2. The molecule has 3 amide bonds. The first-order chi connectivity index (χ1) is 11.8. The molecule has 0 aliphatic rings. The van der Waals surface area contributed by atoms with Gasteiger partial charge in [0.05, 0.1) is 7.11 Å². The summed E-state index contributed by atoms with van der Waals surface area (Å²) in [6, 6.07) is 10.5. The lowest BCUT2D eigenvalue weighted by Gasteiger charge is -2.11. The Morgan fingerprint density at radius 1 is 1.08 bits per heavy atom. The number of hydrogen-bond donors (Lipinski definition) is 2. The molecule has 0 heterocycles. The van der Waals surface area contributed by atoms with Crippen LogP contribution < -0.4 is 20.1 Å². The molecule has 2 aromatic carbocycles. The summed E-state index contributed by atoms with van der Waals surface area (Å²) < 4.78 is 34.1. The third-order valence-electron chi connectivity index (χ3n) is 2.90. The van der Waals surface area contributed by atoms with Crippen molar-refractivity contribution >= 4 is 29.2 Å². The minimum atomic E-state index is -3.82. The first kappa shape index (κ1) is 18.5. The summed E-state index contributed by atoms with van der Waals surface area (Å²) >= 11 is 4.65. The van der Waals surface area contributed by atoms with Gasteiger partial charge in [0.15, 0.2) is 0 Å². The second kappa shape index (κ2) is 7.80. The van der Waals surface area contributed by atoms with Gasteiger partial charge >= 0.3 is 11.6 Å². The average Bonchev–Trinajstić information content (AvgIpc) is 2.55. The number of benzene rings is 2. The van der Waals surface area contributed by atoms with E-state index in [0.29, 0.717) is 5.75 Å². The molecule has 0 radical (unpaired) electrons. The van der Waals surface area contributed by atoms with Crippen molar-refractivity contribution in [1.82, 2.24) is 5.32 Å². The summed E-state index contributed by atoms with van der Waals surface area (Å²) in [7, 11) is 1.46. The normalized spacial score (nSPS) is 10.7. The van der Waals surface area contributed by atoms with Gasteiger partial charge in [0.1, 0.15) is 11.5 Å². The number of anilines is 1. The van der Waals surface area contributed by atoms with Gasteiger partial charge in [0, 0.05) is 22.9 Å². The Morgan fingerprint density at radius 3 is 2.36 bits per heavy atom. The van der Waals surface area contributed by atoms with Crippen LogP contribution in [-0.4, -0.2) is 24.6 Å². The summed E-state index contributed by atoms with van der Waals surface area (Å²) in [4.78, 5) is 23.8. The largest absolute Gasteiger partial charge is 0.497 e. The third kappa shape index (κ3) is 5.92. The number of imide groups is 1. The fraction of sp³-hybridized carbons (Fsp3) is 0.125. The molecule has 0 saturated heterocycles. The zero-order valence-corrected chi connectivity index (χ0v) is 13.6. The summed E-state index contributed by atoms with van der Waals surface area (Å²) in [5, 5.41) is 4.52. The van der Waals surface area contributed by atoms with E-state index in [1.165, 1.54) is 43.5 Å². The molecule has 0 aromatic heterocycles. The van der Waals surface area contributed by atoms with Gasteiger partial charge < -0.3 is 14.8 Å². The van der Waals surface area contributed by atoms with Gasteiger partial charge in [0.25, 0.3) is 5.91 Å². The second-order valence-electron chi connectivity index (χ2n) is 4.71. The Morgan fingerprint density at radius 2 is 1.76 bits per heavy atom. The molecule has 6 nitrogen and oxygen atoms in total. The van der Waals surface area contributed by atoms with Crippen molar-refractivity contribution in [3.8, 4) is 11.5 Å². The van der Waals surface area contributed by atoms with Crippen LogP contribution in [0.2, 0.25) is 0 Å². The number of halogens is 3. The van der Waals surface area contributed by atoms with E-state index in [4.69, 9.17) is 4.74 Å². The van der Waals surface area contributed by atoms with E-state index in [0.717, 1.165) is 0 Å². The Bertz CT molecular complexity index is 763. The lowest BCUT2D eigenvalue weighted by molar-refractivity contribution is -0.0964. The number of carbonyl (C=O) groups is 2. The molecule has 0 spiro atoms. The van der Waals surface area contributed by atoms with Crippen molar-refractivity contribution in [3.05, 3.63) is 54.1 Å². The van der Waals surface area contributed by atoms with Crippen molar-refractivity contribution in [2.45, 2.75) is 5.57 Å². The molecule has 0 fully saturated rings. The number of urea groups is 1. The number of amides is 3. The number of nitrogens with one attached hydrogen (secondary N) is 2. The maximum absolute atomic E-state index is 12.5. The van der Waals surface area contributed by atoms with Crippen LogP contribution in [-0.2, 0) is 0 Å². The van der Waals surface area contributed by atoms with Gasteiger partial charge in [-0.3, -0.25) is 10.1 Å². The second-order valence-corrected chi connectivity index (χ2v) is 5.15. The molecule has 0 bridgehead atoms. The highest BCUT2D eigenvalue weighted by molar-refractivity contribution is 6.20. The predicted octanol–water partition coefficient (Wildman–Crippen LogP) is 3.83. The summed E-state index contributed by atoms with van der Waals surface area (Å²) in [6.07, 6.45) is 0. The van der Waals surface area contributed by atoms with Crippen LogP contribution in [0.5, 0.6) is 11.5 Å². The summed E-state index contributed by atoms with van der Waals surface area (Å²) in [6.45, 7) is 0. The number of methoxy groups -OCH3 is 1. The zero-order valence-electron chi connectivity index (χ0n) is 12.9. The zero-order chi connectivity index (χ0) is 18.4. The van der Waals surface area contributed by atoms with E-state index >= 15 is 0 Å². The van der Waals surface area contributed by atoms with Crippen LogP contribution in [0.25, 0.3) is 0 Å². The van der Waals surface area contributed by atoms with E-state index in [9.17, 15) is 18.4 Å². The number of ether oxygens (including phenoxy) is 2. The van der Waals surface area contributed by atoms with E-state index < -0.39 is 17.5 Å². The number of alkyl halides is 3. The van der Waals surface area contributed by atoms with E-state index in [1.807, 2.05) is 0 Å². The van der Waals surface area contributed by atoms with E-state index in [-0.39, 0.29) is 17.0 Å². The molecule has 25 heavy (non-hydrogen) atoms. The van der Waals surface area contributed by atoms with Gasteiger partial charge in [-0.15, -0.1) is 8.78 Å². The van der Waals surface area contributed by atoms with Gasteiger partial charge in [0.2, 0.25) is 0 Å². The third-order valence-corrected chi connectivity index (χ3v) is 2.98. The van der Waals surface area contributed by atoms with Gasteiger partial charge in [-0.25, -0.2) is 4.79 Å². The van der Waals surface area contributed by atoms with Gasteiger partial charge in [-0.2, -0.15) is 0 Å². The lowest BCUT2D eigenvalue weighted by Crippen LogP contribution is -2.34. The highest BCUT2D eigenvalue weighted by Gasteiger charge is 2.27. The van der Waals surface area contributed by atoms with Crippen LogP contribution in [0.4, 0.5) is 19.3 Å². The lowest BCUT2D eigenvalue weighted by atomic mass is 10.2. The predicted molar refractivity (Wildman–Crippen MR) is 87.3 cm³/mol. The van der Waals surface area contributed by atoms with Crippen molar-refractivity contribution in [2.75, 3.05) is 12.4 Å². The van der Waals surface area contributed by atoms with E-state index in [1.54, 1.807) is 12.1 Å². The average molecular weight is 371 g/mol. The quantitative estimate of drug-likeness (QED) is 0.784.